The van der Waals surface area contributed by atoms with E-state index in [9.17, 15) is 4.79 Å². The molecule has 3 aliphatic rings. The van der Waals surface area contributed by atoms with Crippen molar-refractivity contribution in [3.05, 3.63) is 35.4 Å². The average Bonchev–Trinajstić information content (AvgIpc) is 3.01. The molecule has 3 heterocycles. The number of benzene rings is 1. The molecule has 1 aromatic carbocycles. The van der Waals surface area contributed by atoms with E-state index in [-0.39, 0.29) is 17.7 Å². The van der Waals surface area contributed by atoms with Gasteiger partial charge in [-0.2, -0.15) is 5.26 Å². The first-order chi connectivity index (χ1) is 10.7. The zero-order valence-corrected chi connectivity index (χ0v) is 12.5. The summed E-state index contributed by atoms with van der Waals surface area (Å²) in [5.41, 5.74) is 1.42. The van der Waals surface area contributed by atoms with Crippen molar-refractivity contribution in [3.63, 3.8) is 0 Å². The Balaban J connectivity index is 1.57. The van der Waals surface area contributed by atoms with Crippen molar-refractivity contribution < 1.29 is 9.53 Å². The molecule has 5 nitrogen and oxygen atoms in total. The summed E-state index contributed by atoms with van der Waals surface area (Å²) in [6.07, 6.45) is 2.38. The number of nitrogens with zero attached hydrogens (tertiary/aromatic N) is 3. The molecule has 3 aliphatic heterocycles. The van der Waals surface area contributed by atoms with Gasteiger partial charge >= 0.3 is 0 Å². The van der Waals surface area contributed by atoms with Crippen LogP contribution in [0.1, 0.15) is 30.4 Å². The molecule has 0 aromatic heterocycles. The molecule has 1 spiro atoms. The number of nitriles is 1. The summed E-state index contributed by atoms with van der Waals surface area (Å²) in [5, 5.41) is 9.03. The molecular formula is C17H19N3O2. The van der Waals surface area contributed by atoms with E-state index in [1.54, 1.807) is 0 Å². The second-order valence-corrected chi connectivity index (χ2v) is 6.34. The molecule has 3 fully saturated rings. The van der Waals surface area contributed by atoms with Gasteiger partial charge in [0.25, 0.3) is 0 Å². The van der Waals surface area contributed by atoms with Gasteiger partial charge in [0, 0.05) is 32.5 Å². The van der Waals surface area contributed by atoms with Crippen LogP contribution in [-0.4, -0.2) is 47.2 Å². The van der Waals surface area contributed by atoms with Crippen molar-refractivity contribution in [1.29, 1.82) is 5.26 Å². The van der Waals surface area contributed by atoms with Gasteiger partial charge in [-0.3, -0.25) is 9.69 Å². The van der Waals surface area contributed by atoms with Gasteiger partial charge in [0.1, 0.15) is 0 Å². The van der Waals surface area contributed by atoms with Crippen LogP contribution in [0.5, 0.6) is 0 Å². The number of likely N-dealkylation sites (tertiary alicyclic amines) is 1. The maximum atomic E-state index is 12.3. The Morgan fingerprint density at radius 1 is 1.41 bits per heavy atom. The highest BCUT2D eigenvalue weighted by Crippen LogP contribution is 2.45. The van der Waals surface area contributed by atoms with E-state index in [1.165, 1.54) is 0 Å². The zero-order chi connectivity index (χ0) is 15.2. The summed E-state index contributed by atoms with van der Waals surface area (Å²) < 4.78 is 6.11. The third kappa shape index (κ3) is 1.95. The number of ether oxygens (including phenoxy) is 1. The third-order valence-electron chi connectivity index (χ3n) is 5.16. The largest absolute Gasteiger partial charge is 0.354 e. The molecule has 0 saturated carbocycles. The highest BCUT2D eigenvalue weighted by molar-refractivity contribution is 5.81. The van der Waals surface area contributed by atoms with Crippen LogP contribution < -0.4 is 0 Å². The van der Waals surface area contributed by atoms with Gasteiger partial charge in [0.15, 0.2) is 5.72 Å². The highest BCUT2D eigenvalue weighted by atomic mass is 16.5. The van der Waals surface area contributed by atoms with Crippen molar-refractivity contribution in [1.82, 2.24) is 9.80 Å². The lowest BCUT2D eigenvalue weighted by Crippen LogP contribution is -2.56. The van der Waals surface area contributed by atoms with E-state index in [1.807, 2.05) is 29.2 Å². The van der Waals surface area contributed by atoms with Crippen LogP contribution in [-0.2, 0) is 16.1 Å². The van der Waals surface area contributed by atoms with E-state index in [4.69, 9.17) is 10.00 Å². The molecule has 114 valence electrons. The fourth-order valence-electron chi connectivity index (χ4n) is 4.20. The number of carbonyl (C=O) groups excluding carboxylic acids is 1. The molecule has 0 bridgehead atoms. The Bertz CT molecular complexity index is 654. The number of rotatable bonds is 2. The minimum Gasteiger partial charge on any atom is -0.354 e. The van der Waals surface area contributed by atoms with Crippen molar-refractivity contribution in [2.45, 2.75) is 37.6 Å². The number of carbonyl (C=O) groups is 1. The topological polar surface area (TPSA) is 56.6 Å². The summed E-state index contributed by atoms with van der Waals surface area (Å²) in [7, 11) is 0. The zero-order valence-electron chi connectivity index (χ0n) is 12.5. The Kier molecular flexibility index (Phi) is 3.17. The van der Waals surface area contributed by atoms with Gasteiger partial charge in [0.05, 0.1) is 24.3 Å². The molecule has 2 atom stereocenters. The van der Waals surface area contributed by atoms with Crippen LogP contribution in [0, 0.1) is 11.3 Å². The summed E-state index contributed by atoms with van der Waals surface area (Å²) in [6.45, 7) is 3.28. The van der Waals surface area contributed by atoms with Crippen molar-refractivity contribution >= 4 is 5.91 Å². The lowest BCUT2D eigenvalue weighted by molar-refractivity contribution is -0.180. The second-order valence-electron chi connectivity index (χ2n) is 6.34. The quantitative estimate of drug-likeness (QED) is 0.830. The Morgan fingerprint density at radius 3 is 3.18 bits per heavy atom. The maximum absolute atomic E-state index is 12.3. The molecular weight excluding hydrogens is 278 g/mol. The first-order valence-electron chi connectivity index (χ1n) is 7.90. The molecule has 0 radical (unpaired) electrons. The van der Waals surface area contributed by atoms with Gasteiger partial charge in [0.2, 0.25) is 5.91 Å². The molecule has 3 saturated heterocycles. The molecule has 5 heteroatoms. The first-order valence-corrected chi connectivity index (χ1v) is 7.90. The first kappa shape index (κ1) is 13.7. The van der Waals surface area contributed by atoms with Crippen LogP contribution in [0.3, 0.4) is 0 Å². The van der Waals surface area contributed by atoms with E-state index in [0.29, 0.717) is 12.0 Å². The van der Waals surface area contributed by atoms with Crippen LogP contribution in [0.25, 0.3) is 0 Å². The Labute approximate surface area is 130 Å². The fraction of sp³-hybridized carbons (Fsp3) is 0.529. The summed E-state index contributed by atoms with van der Waals surface area (Å²) >= 11 is 0. The number of amides is 1. The number of hydrogen-bond acceptors (Lipinski definition) is 4. The molecule has 0 unspecified atom stereocenters. The van der Waals surface area contributed by atoms with Gasteiger partial charge < -0.3 is 9.64 Å². The number of hydrogen-bond donors (Lipinski definition) is 0. The molecule has 1 amide bonds. The normalized spacial score (nSPS) is 31.0. The van der Waals surface area contributed by atoms with Crippen molar-refractivity contribution in [2.75, 3.05) is 19.7 Å². The van der Waals surface area contributed by atoms with Crippen LogP contribution in [0.15, 0.2) is 24.3 Å². The van der Waals surface area contributed by atoms with Gasteiger partial charge in [-0.1, -0.05) is 12.1 Å². The predicted octanol–water partition coefficient (Wildman–Crippen LogP) is 1.48. The van der Waals surface area contributed by atoms with Crippen LogP contribution in [0.2, 0.25) is 0 Å². The van der Waals surface area contributed by atoms with E-state index >= 15 is 0 Å². The molecule has 0 N–H and O–H groups in total. The van der Waals surface area contributed by atoms with E-state index in [0.717, 1.165) is 44.6 Å². The third-order valence-corrected chi connectivity index (χ3v) is 5.16. The minimum absolute atomic E-state index is 0.144. The Morgan fingerprint density at radius 2 is 2.32 bits per heavy atom. The second kappa shape index (κ2) is 5.08. The van der Waals surface area contributed by atoms with Crippen molar-refractivity contribution in [3.8, 4) is 6.07 Å². The summed E-state index contributed by atoms with van der Waals surface area (Å²) in [4.78, 5) is 16.6. The molecule has 1 aromatic rings. The van der Waals surface area contributed by atoms with Gasteiger partial charge in [-0.15, -0.1) is 0 Å². The van der Waals surface area contributed by atoms with E-state index < -0.39 is 0 Å². The van der Waals surface area contributed by atoms with E-state index in [2.05, 4.69) is 11.0 Å². The lowest BCUT2D eigenvalue weighted by Gasteiger charge is -2.42. The molecule has 0 aliphatic carbocycles. The summed E-state index contributed by atoms with van der Waals surface area (Å²) in [6, 6.07) is 10.0. The van der Waals surface area contributed by atoms with Crippen molar-refractivity contribution in [2.24, 2.45) is 0 Å². The fourth-order valence-corrected chi connectivity index (χ4v) is 4.20. The van der Waals surface area contributed by atoms with Gasteiger partial charge in [-0.25, -0.2) is 0 Å². The Hall–Kier alpha value is -1.90. The lowest BCUT2D eigenvalue weighted by atomic mass is 10.0. The average molecular weight is 297 g/mol. The van der Waals surface area contributed by atoms with Crippen LogP contribution in [0.4, 0.5) is 0 Å². The summed E-state index contributed by atoms with van der Waals surface area (Å²) in [5.74, 6) is 0.222. The minimum atomic E-state index is -0.387. The van der Waals surface area contributed by atoms with Crippen LogP contribution >= 0.6 is 0 Å². The molecule has 22 heavy (non-hydrogen) atoms. The highest BCUT2D eigenvalue weighted by Gasteiger charge is 2.60. The maximum Gasteiger partial charge on any atom is 0.226 e. The van der Waals surface area contributed by atoms with Gasteiger partial charge in [-0.05, 0) is 24.1 Å². The smallest absolute Gasteiger partial charge is 0.226 e. The predicted molar refractivity (Wildman–Crippen MR) is 79.6 cm³/mol. The standard InChI is InChI=1S/C17H19N3O2/c18-11-13-3-1-4-14(9-13)12-19-7-5-17-15(19)10-16(21)20(17)6-2-8-22-17/h1,3-4,9,15H,2,5-8,10,12H2/t15-,17+/m1/s1. The monoisotopic (exact) mass is 297 g/mol. The SMILES string of the molecule is N#Cc1cccc(CN2CC[C@@]34OCCCN3C(=O)C[C@@H]24)c1. The molecule has 4 rings (SSSR count).